The summed E-state index contributed by atoms with van der Waals surface area (Å²) in [5.74, 6) is 0.627. The minimum absolute atomic E-state index is 0.000229. The highest BCUT2D eigenvalue weighted by molar-refractivity contribution is 7.09. The maximum atomic E-state index is 12.7. The molecule has 8 heteroatoms. The molecule has 0 amide bonds. The van der Waals surface area contributed by atoms with Gasteiger partial charge in [0.1, 0.15) is 0 Å². The fourth-order valence-corrected chi connectivity index (χ4v) is 3.47. The van der Waals surface area contributed by atoms with Gasteiger partial charge in [-0.25, -0.2) is 15.0 Å². The first kappa shape index (κ1) is 15.2. The number of alkyl halides is 3. The largest absolute Gasteiger partial charge is 0.434 e. The van der Waals surface area contributed by atoms with E-state index >= 15 is 0 Å². The minimum Gasteiger partial charge on any atom is -0.340 e. The molecule has 1 unspecified atom stereocenters. The number of piperidine rings is 1. The summed E-state index contributed by atoms with van der Waals surface area (Å²) in [4.78, 5) is 14.4. The summed E-state index contributed by atoms with van der Waals surface area (Å²) in [6, 6.07) is 0. The molecule has 22 heavy (non-hydrogen) atoms. The predicted molar refractivity (Wildman–Crippen MR) is 78.1 cm³/mol. The van der Waals surface area contributed by atoms with Crippen LogP contribution in [0.3, 0.4) is 0 Å². The normalized spacial score (nSPS) is 19.5. The van der Waals surface area contributed by atoms with Crippen LogP contribution in [0.5, 0.6) is 0 Å². The lowest BCUT2D eigenvalue weighted by Crippen LogP contribution is -2.35. The Morgan fingerprint density at radius 1 is 1.27 bits per heavy atom. The van der Waals surface area contributed by atoms with E-state index in [4.69, 9.17) is 0 Å². The van der Waals surface area contributed by atoms with Gasteiger partial charge in [0.25, 0.3) is 0 Å². The molecule has 1 saturated heterocycles. The van der Waals surface area contributed by atoms with Crippen molar-refractivity contribution < 1.29 is 13.2 Å². The van der Waals surface area contributed by atoms with Crippen molar-refractivity contribution in [1.82, 2.24) is 15.0 Å². The van der Waals surface area contributed by atoms with Gasteiger partial charge in [0.15, 0.2) is 5.69 Å². The molecule has 2 aromatic heterocycles. The van der Waals surface area contributed by atoms with Gasteiger partial charge in [-0.15, -0.1) is 11.3 Å². The van der Waals surface area contributed by atoms with Crippen LogP contribution in [0.2, 0.25) is 0 Å². The van der Waals surface area contributed by atoms with E-state index < -0.39 is 11.9 Å². The molecule has 2 aromatic rings. The first-order valence-corrected chi connectivity index (χ1v) is 7.87. The number of halogens is 3. The van der Waals surface area contributed by atoms with Crippen molar-refractivity contribution in [2.24, 2.45) is 0 Å². The number of rotatable bonds is 2. The molecule has 0 saturated carbocycles. The number of aryl methyl sites for hydroxylation is 1. The number of anilines is 1. The number of aromatic nitrogens is 3. The molecule has 1 fully saturated rings. The summed E-state index contributed by atoms with van der Waals surface area (Å²) in [6.07, 6.45) is 0.855. The summed E-state index contributed by atoms with van der Waals surface area (Å²) >= 11 is 1.08. The van der Waals surface area contributed by atoms with Crippen LogP contribution in [-0.4, -0.2) is 28.0 Å². The predicted octanol–water partition coefficient (Wildman–Crippen LogP) is 3.64. The van der Waals surface area contributed by atoms with Crippen LogP contribution < -0.4 is 4.90 Å². The van der Waals surface area contributed by atoms with E-state index in [1.807, 2.05) is 11.8 Å². The molecule has 1 aliphatic heterocycles. The molecule has 3 rings (SSSR count). The highest BCUT2D eigenvalue weighted by Crippen LogP contribution is 2.35. The standard InChI is InChI=1S/C14H15F3N4S/c1-9-5-18-13(19-6-9)21-4-2-3-10(7-21)12-20-11(8-22-12)14(15,16)17/h5-6,8,10H,2-4,7H2,1H3. The van der Waals surface area contributed by atoms with E-state index in [0.29, 0.717) is 17.5 Å². The van der Waals surface area contributed by atoms with Gasteiger partial charge in [-0.3, -0.25) is 0 Å². The lowest BCUT2D eigenvalue weighted by Gasteiger charge is -2.31. The Balaban J connectivity index is 1.75. The average molecular weight is 328 g/mol. The van der Waals surface area contributed by atoms with Crippen molar-refractivity contribution in [2.75, 3.05) is 18.0 Å². The molecule has 0 aliphatic carbocycles. The molecule has 0 bridgehead atoms. The summed E-state index contributed by atoms with van der Waals surface area (Å²) < 4.78 is 38.0. The monoisotopic (exact) mass is 328 g/mol. The summed E-state index contributed by atoms with van der Waals surface area (Å²) in [6.45, 7) is 3.34. The summed E-state index contributed by atoms with van der Waals surface area (Å²) in [5.41, 5.74) is 0.184. The van der Waals surface area contributed by atoms with E-state index in [9.17, 15) is 13.2 Å². The van der Waals surface area contributed by atoms with Crippen LogP contribution >= 0.6 is 11.3 Å². The van der Waals surface area contributed by atoms with Crippen molar-refractivity contribution in [3.63, 3.8) is 0 Å². The van der Waals surface area contributed by atoms with Crippen LogP contribution in [0.25, 0.3) is 0 Å². The first-order chi connectivity index (χ1) is 10.4. The van der Waals surface area contributed by atoms with Gasteiger partial charge in [0.05, 0.1) is 5.01 Å². The van der Waals surface area contributed by atoms with E-state index in [2.05, 4.69) is 15.0 Å². The van der Waals surface area contributed by atoms with Gasteiger partial charge < -0.3 is 4.90 Å². The lowest BCUT2D eigenvalue weighted by molar-refractivity contribution is -0.140. The Labute approximate surface area is 130 Å². The smallest absolute Gasteiger partial charge is 0.340 e. The topological polar surface area (TPSA) is 41.9 Å². The number of thiazole rings is 1. The fourth-order valence-electron chi connectivity index (χ4n) is 2.51. The van der Waals surface area contributed by atoms with E-state index in [1.54, 1.807) is 12.4 Å². The SMILES string of the molecule is Cc1cnc(N2CCCC(c3nc(C(F)(F)F)cs3)C2)nc1. The fraction of sp³-hybridized carbons (Fsp3) is 0.500. The lowest BCUT2D eigenvalue weighted by atomic mass is 9.99. The molecule has 3 heterocycles. The van der Waals surface area contributed by atoms with Crippen molar-refractivity contribution in [2.45, 2.75) is 31.9 Å². The van der Waals surface area contributed by atoms with Crippen molar-refractivity contribution in [3.8, 4) is 0 Å². The molecule has 0 aromatic carbocycles. The third kappa shape index (κ3) is 3.21. The summed E-state index contributed by atoms with van der Waals surface area (Å²) in [7, 11) is 0. The Bertz CT molecular complexity index is 638. The van der Waals surface area contributed by atoms with Crippen LogP contribution in [-0.2, 0) is 6.18 Å². The molecule has 0 N–H and O–H groups in total. The Hall–Kier alpha value is -1.70. The zero-order valence-corrected chi connectivity index (χ0v) is 12.8. The average Bonchev–Trinajstić information content (AvgIpc) is 2.98. The molecule has 0 radical (unpaired) electrons. The number of hydrogen-bond donors (Lipinski definition) is 0. The highest BCUT2D eigenvalue weighted by Gasteiger charge is 2.35. The molecular formula is C14H15F3N4S. The third-order valence-electron chi connectivity index (χ3n) is 3.63. The maximum absolute atomic E-state index is 12.7. The molecular weight excluding hydrogens is 313 g/mol. The van der Waals surface area contributed by atoms with E-state index in [0.717, 1.165) is 41.7 Å². The number of nitrogens with zero attached hydrogens (tertiary/aromatic N) is 4. The molecule has 0 spiro atoms. The minimum atomic E-state index is -4.37. The Morgan fingerprint density at radius 2 is 2.00 bits per heavy atom. The molecule has 1 atom stereocenters. The maximum Gasteiger partial charge on any atom is 0.434 e. The second kappa shape index (κ2) is 5.83. The van der Waals surface area contributed by atoms with Gasteiger partial charge in [0.2, 0.25) is 5.95 Å². The van der Waals surface area contributed by atoms with Gasteiger partial charge >= 0.3 is 6.18 Å². The Kier molecular flexibility index (Phi) is 4.03. The zero-order chi connectivity index (χ0) is 15.7. The second-order valence-electron chi connectivity index (χ2n) is 5.41. The number of hydrogen-bond acceptors (Lipinski definition) is 5. The third-order valence-corrected chi connectivity index (χ3v) is 4.64. The van der Waals surface area contributed by atoms with Crippen LogP contribution in [0.1, 0.15) is 35.0 Å². The first-order valence-electron chi connectivity index (χ1n) is 6.99. The molecule has 4 nitrogen and oxygen atoms in total. The van der Waals surface area contributed by atoms with Gasteiger partial charge in [0, 0.05) is 36.8 Å². The van der Waals surface area contributed by atoms with Crippen LogP contribution in [0.15, 0.2) is 17.8 Å². The summed E-state index contributed by atoms with van der Waals surface area (Å²) in [5, 5.41) is 1.64. The second-order valence-corrected chi connectivity index (χ2v) is 6.30. The van der Waals surface area contributed by atoms with Crippen LogP contribution in [0, 0.1) is 6.92 Å². The molecule has 1 aliphatic rings. The van der Waals surface area contributed by atoms with E-state index in [1.165, 1.54) is 0 Å². The van der Waals surface area contributed by atoms with E-state index in [-0.39, 0.29) is 5.92 Å². The zero-order valence-electron chi connectivity index (χ0n) is 12.0. The van der Waals surface area contributed by atoms with Gasteiger partial charge in [-0.2, -0.15) is 13.2 Å². The van der Waals surface area contributed by atoms with Crippen LogP contribution in [0.4, 0.5) is 19.1 Å². The van der Waals surface area contributed by atoms with Crippen molar-refractivity contribution in [3.05, 3.63) is 34.0 Å². The Morgan fingerprint density at radius 3 is 2.64 bits per heavy atom. The quantitative estimate of drug-likeness (QED) is 0.844. The molecule has 118 valence electrons. The van der Waals surface area contributed by atoms with Crippen molar-refractivity contribution >= 4 is 17.3 Å². The van der Waals surface area contributed by atoms with Gasteiger partial charge in [-0.1, -0.05) is 0 Å². The van der Waals surface area contributed by atoms with Crippen molar-refractivity contribution in [1.29, 1.82) is 0 Å². The highest BCUT2D eigenvalue weighted by atomic mass is 32.1. The van der Waals surface area contributed by atoms with Gasteiger partial charge in [-0.05, 0) is 25.3 Å².